The zero-order chi connectivity index (χ0) is 22.8. The van der Waals surface area contributed by atoms with Gasteiger partial charge in [-0.15, -0.1) is 0 Å². The minimum Gasteiger partial charge on any atom is -0.308 e. The Balaban J connectivity index is 1.41. The van der Waals surface area contributed by atoms with Gasteiger partial charge in [-0.2, -0.15) is 5.10 Å². The second-order valence-corrected chi connectivity index (χ2v) is 7.97. The average molecular weight is 475 g/mol. The van der Waals surface area contributed by atoms with Crippen molar-refractivity contribution in [2.45, 2.75) is 0 Å². The lowest BCUT2D eigenvalue weighted by atomic mass is 10.1. The predicted octanol–water partition coefficient (Wildman–Crippen LogP) is 6.41. The SMILES string of the molecule is O=C(Nc1cccc(-c2ccnc3c(-c4cccnc4)cnn23)c1)Nc1ccc(Cl)c(Cl)c1. The van der Waals surface area contributed by atoms with Crippen LogP contribution in [-0.2, 0) is 0 Å². The number of carbonyl (C=O) groups excluding carboxylic acids is 1. The van der Waals surface area contributed by atoms with E-state index in [0.717, 1.165) is 28.0 Å². The van der Waals surface area contributed by atoms with Crippen molar-refractivity contribution >= 4 is 46.3 Å². The van der Waals surface area contributed by atoms with Crippen LogP contribution < -0.4 is 10.6 Å². The van der Waals surface area contributed by atoms with Crippen molar-refractivity contribution in [3.63, 3.8) is 0 Å². The second kappa shape index (κ2) is 8.90. The summed E-state index contributed by atoms with van der Waals surface area (Å²) in [6, 6.07) is 17.7. The Morgan fingerprint density at radius 2 is 1.64 bits per heavy atom. The number of pyridine rings is 1. The molecule has 0 radical (unpaired) electrons. The Kier molecular flexibility index (Phi) is 5.64. The minimum atomic E-state index is -0.400. The third kappa shape index (κ3) is 4.37. The van der Waals surface area contributed by atoms with Crippen molar-refractivity contribution in [2.75, 3.05) is 10.6 Å². The normalized spacial score (nSPS) is 10.8. The first kappa shape index (κ1) is 20.9. The van der Waals surface area contributed by atoms with Gasteiger partial charge in [0.2, 0.25) is 0 Å². The number of nitrogens with zero attached hydrogens (tertiary/aromatic N) is 4. The number of hydrogen-bond donors (Lipinski definition) is 2. The summed E-state index contributed by atoms with van der Waals surface area (Å²) in [5.74, 6) is 0. The first-order valence-electron chi connectivity index (χ1n) is 9.95. The molecule has 0 unspecified atom stereocenters. The van der Waals surface area contributed by atoms with E-state index in [1.54, 1.807) is 53.6 Å². The first-order valence-corrected chi connectivity index (χ1v) is 10.7. The van der Waals surface area contributed by atoms with E-state index in [2.05, 4.69) is 25.7 Å². The van der Waals surface area contributed by atoms with Gasteiger partial charge >= 0.3 is 6.03 Å². The number of fused-ring (bicyclic) bond motifs is 1. The summed E-state index contributed by atoms with van der Waals surface area (Å²) in [6.45, 7) is 0. The topological polar surface area (TPSA) is 84.2 Å². The number of anilines is 2. The Hall–Kier alpha value is -3.94. The van der Waals surface area contributed by atoms with Crippen LogP contribution in [0, 0.1) is 0 Å². The average Bonchev–Trinajstić information content (AvgIpc) is 3.26. The highest BCUT2D eigenvalue weighted by Crippen LogP contribution is 2.28. The standard InChI is InChI=1S/C24H16Cl2N6O/c25-20-7-6-18(12-21(20)26)31-24(33)30-17-5-1-3-15(11-17)22-8-10-28-23-19(14-29-32(22)23)16-4-2-9-27-13-16/h1-14H,(H2,30,31,33). The molecule has 3 heterocycles. The molecule has 2 aromatic carbocycles. The lowest BCUT2D eigenvalue weighted by Crippen LogP contribution is -2.19. The molecular weight excluding hydrogens is 459 g/mol. The van der Waals surface area contributed by atoms with Gasteiger partial charge in [0.15, 0.2) is 5.65 Å². The maximum absolute atomic E-state index is 12.5. The van der Waals surface area contributed by atoms with Crippen LogP contribution in [0.5, 0.6) is 0 Å². The van der Waals surface area contributed by atoms with Crippen LogP contribution in [0.1, 0.15) is 0 Å². The molecule has 9 heteroatoms. The molecular formula is C24H16Cl2N6O. The number of amides is 2. The van der Waals surface area contributed by atoms with Crippen molar-refractivity contribution in [3.8, 4) is 22.4 Å². The summed E-state index contributed by atoms with van der Waals surface area (Å²) in [6.07, 6.45) is 7.02. The molecule has 162 valence electrons. The molecule has 5 rings (SSSR count). The predicted molar refractivity (Wildman–Crippen MR) is 131 cm³/mol. The summed E-state index contributed by atoms with van der Waals surface area (Å²) in [4.78, 5) is 21.2. The van der Waals surface area contributed by atoms with Gasteiger partial charge in [0.25, 0.3) is 0 Å². The highest BCUT2D eigenvalue weighted by molar-refractivity contribution is 6.42. The van der Waals surface area contributed by atoms with Crippen LogP contribution in [0.15, 0.2) is 85.5 Å². The van der Waals surface area contributed by atoms with Crippen LogP contribution in [0.3, 0.4) is 0 Å². The molecule has 0 fully saturated rings. The van der Waals surface area contributed by atoms with Gasteiger partial charge in [0.05, 0.1) is 21.9 Å². The highest BCUT2D eigenvalue weighted by Gasteiger charge is 2.13. The maximum Gasteiger partial charge on any atom is 0.323 e. The number of hydrogen-bond acceptors (Lipinski definition) is 4. The Morgan fingerprint density at radius 3 is 2.42 bits per heavy atom. The molecule has 0 spiro atoms. The highest BCUT2D eigenvalue weighted by atomic mass is 35.5. The number of nitrogens with one attached hydrogen (secondary N) is 2. The summed E-state index contributed by atoms with van der Waals surface area (Å²) in [5.41, 5.74) is 5.41. The molecule has 0 atom stereocenters. The molecule has 0 saturated heterocycles. The van der Waals surface area contributed by atoms with Gasteiger partial charge in [0.1, 0.15) is 0 Å². The molecule has 2 N–H and O–H groups in total. The van der Waals surface area contributed by atoms with E-state index in [4.69, 9.17) is 23.2 Å². The van der Waals surface area contributed by atoms with Crippen LogP contribution >= 0.6 is 23.2 Å². The van der Waals surface area contributed by atoms with Crippen LogP contribution in [0.2, 0.25) is 10.0 Å². The van der Waals surface area contributed by atoms with Crippen molar-refractivity contribution in [3.05, 3.63) is 95.5 Å². The zero-order valence-corrected chi connectivity index (χ0v) is 18.5. The van der Waals surface area contributed by atoms with Gasteiger partial charge < -0.3 is 10.6 Å². The molecule has 0 bridgehead atoms. The summed E-state index contributed by atoms with van der Waals surface area (Å²) in [5, 5.41) is 10.9. The molecule has 2 amide bonds. The smallest absolute Gasteiger partial charge is 0.308 e. The number of carbonyl (C=O) groups is 1. The number of benzene rings is 2. The van der Waals surface area contributed by atoms with Gasteiger partial charge in [-0.1, -0.05) is 41.4 Å². The maximum atomic E-state index is 12.5. The molecule has 33 heavy (non-hydrogen) atoms. The van der Waals surface area contributed by atoms with Gasteiger partial charge in [0, 0.05) is 46.7 Å². The molecule has 0 saturated carbocycles. The van der Waals surface area contributed by atoms with E-state index >= 15 is 0 Å². The summed E-state index contributed by atoms with van der Waals surface area (Å²) in [7, 11) is 0. The molecule has 0 aliphatic heterocycles. The minimum absolute atomic E-state index is 0.364. The van der Waals surface area contributed by atoms with Crippen LogP contribution in [-0.4, -0.2) is 25.6 Å². The zero-order valence-electron chi connectivity index (χ0n) is 17.0. The van der Waals surface area contributed by atoms with E-state index < -0.39 is 6.03 Å². The molecule has 3 aromatic heterocycles. The fraction of sp³-hybridized carbons (Fsp3) is 0. The van der Waals surface area contributed by atoms with E-state index in [0.29, 0.717) is 21.4 Å². The Morgan fingerprint density at radius 1 is 0.818 bits per heavy atom. The van der Waals surface area contributed by atoms with E-state index in [-0.39, 0.29) is 0 Å². The lowest BCUT2D eigenvalue weighted by molar-refractivity contribution is 0.262. The second-order valence-electron chi connectivity index (χ2n) is 7.15. The van der Waals surface area contributed by atoms with E-state index in [9.17, 15) is 4.79 Å². The molecule has 7 nitrogen and oxygen atoms in total. The fourth-order valence-electron chi connectivity index (χ4n) is 3.46. The number of halogens is 2. The lowest BCUT2D eigenvalue weighted by Gasteiger charge is -2.10. The molecule has 0 aliphatic carbocycles. The van der Waals surface area contributed by atoms with E-state index in [1.165, 1.54) is 0 Å². The number of aromatic nitrogens is 4. The summed E-state index contributed by atoms with van der Waals surface area (Å²) < 4.78 is 1.78. The van der Waals surface area contributed by atoms with Crippen molar-refractivity contribution in [1.82, 2.24) is 19.6 Å². The van der Waals surface area contributed by atoms with Crippen molar-refractivity contribution in [2.24, 2.45) is 0 Å². The van der Waals surface area contributed by atoms with Crippen LogP contribution in [0.4, 0.5) is 16.2 Å². The van der Waals surface area contributed by atoms with Gasteiger partial charge in [-0.25, -0.2) is 14.3 Å². The van der Waals surface area contributed by atoms with E-state index in [1.807, 2.05) is 36.4 Å². The van der Waals surface area contributed by atoms with Gasteiger partial charge in [-0.3, -0.25) is 4.98 Å². The van der Waals surface area contributed by atoms with Gasteiger partial charge in [-0.05, 0) is 42.5 Å². The largest absolute Gasteiger partial charge is 0.323 e. The quantitative estimate of drug-likeness (QED) is 0.315. The fourth-order valence-corrected chi connectivity index (χ4v) is 3.76. The van der Waals surface area contributed by atoms with Crippen molar-refractivity contribution < 1.29 is 4.79 Å². The first-order chi connectivity index (χ1) is 16.1. The Labute approximate surface area is 199 Å². The molecule has 5 aromatic rings. The van der Waals surface area contributed by atoms with Crippen LogP contribution in [0.25, 0.3) is 28.0 Å². The Bertz CT molecular complexity index is 1470. The third-order valence-electron chi connectivity index (χ3n) is 4.97. The summed E-state index contributed by atoms with van der Waals surface area (Å²) >= 11 is 11.9. The number of urea groups is 1. The molecule has 0 aliphatic rings. The monoisotopic (exact) mass is 474 g/mol. The third-order valence-corrected chi connectivity index (χ3v) is 5.71. The van der Waals surface area contributed by atoms with Crippen molar-refractivity contribution in [1.29, 1.82) is 0 Å². The number of rotatable bonds is 4.